The third-order valence-electron chi connectivity index (χ3n) is 4.01. The van der Waals surface area contributed by atoms with Crippen molar-refractivity contribution in [3.05, 3.63) is 0 Å². The van der Waals surface area contributed by atoms with Gasteiger partial charge in [-0.2, -0.15) is 0 Å². The van der Waals surface area contributed by atoms with Gasteiger partial charge in [0.25, 0.3) is 0 Å². The SMILES string of the molecule is CCNC(C)(CCCN1CCC(OC)C1)C(=O)OCC. The Morgan fingerprint density at radius 1 is 1.45 bits per heavy atom. The largest absolute Gasteiger partial charge is 0.465 e. The molecule has 1 fully saturated rings. The Hall–Kier alpha value is -0.650. The van der Waals surface area contributed by atoms with Gasteiger partial charge < -0.3 is 19.7 Å². The summed E-state index contributed by atoms with van der Waals surface area (Å²) in [6.45, 7) is 10.1. The fraction of sp³-hybridized carbons (Fsp3) is 0.933. The molecule has 5 heteroatoms. The number of nitrogens with zero attached hydrogens (tertiary/aromatic N) is 1. The summed E-state index contributed by atoms with van der Waals surface area (Å²) in [5.74, 6) is -0.141. The number of carbonyl (C=O) groups is 1. The fourth-order valence-electron chi connectivity index (χ4n) is 2.79. The van der Waals surface area contributed by atoms with E-state index in [9.17, 15) is 4.79 Å². The monoisotopic (exact) mass is 286 g/mol. The zero-order valence-electron chi connectivity index (χ0n) is 13.4. The second kappa shape index (κ2) is 8.60. The molecule has 1 N–H and O–H groups in total. The van der Waals surface area contributed by atoms with Crippen LogP contribution in [0.15, 0.2) is 0 Å². The highest BCUT2D eigenvalue weighted by molar-refractivity contribution is 5.80. The molecule has 0 aromatic heterocycles. The first kappa shape index (κ1) is 17.4. The van der Waals surface area contributed by atoms with Crippen LogP contribution in [-0.2, 0) is 14.3 Å². The fourth-order valence-corrected chi connectivity index (χ4v) is 2.79. The van der Waals surface area contributed by atoms with Crippen LogP contribution < -0.4 is 5.32 Å². The minimum Gasteiger partial charge on any atom is -0.465 e. The van der Waals surface area contributed by atoms with Crippen molar-refractivity contribution in [1.82, 2.24) is 10.2 Å². The van der Waals surface area contributed by atoms with Crippen molar-refractivity contribution in [1.29, 1.82) is 0 Å². The molecule has 2 unspecified atom stereocenters. The van der Waals surface area contributed by atoms with Gasteiger partial charge in [-0.25, -0.2) is 0 Å². The van der Waals surface area contributed by atoms with Crippen LogP contribution in [0.25, 0.3) is 0 Å². The summed E-state index contributed by atoms with van der Waals surface area (Å²) in [4.78, 5) is 14.5. The van der Waals surface area contributed by atoms with Crippen molar-refractivity contribution in [2.75, 3.05) is 39.9 Å². The van der Waals surface area contributed by atoms with E-state index < -0.39 is 5.54 Å². The molecule has 0 amide bonds. The summed E-state index contributed by atoms with van der Waals surface area (Å²) in [7, 11) is 1.77. The first-order valence-electron chi connectivity index (χ1n) is 7.73. The van der Waals surface area contributed by atoms with E-state index in [1.165, 1.54) is 0 Å². The Kier molecular flexibility index (Phi) is 7.48. The quantitative estimate of drug-likeness (QED) is 0.650. The second-order valence-electron chi connectivity index (χ2n) is 5.63. The molecule has 5 nitrogen and oxygen atoms in total. The predicted molar refractivity (Wildman–Crippen MR) is 79.8 cm³/mol. The smallest absolute Gasteiger partial charge is 0.326 e. The first-order valence-corrected chi connectivity index (χ1v) is 7.73. The molecule has 0 radical (unpaired) electrons. The molecule has 0 aliphatic carbocycles. The molecule has 1 saturated heterocycles. The molecule has 1 aliphatic heterocycles. The van der Waals surface area contributed by atoms with Crippen LogP contribution in [0.1, 0.15) is 40.0 Å². The highest BCUT2D eigenvalue weighted by Gasteiger charge is 2.33. The Balaban J connectivity index is 2.37. The number of methoxy groups -OCH3 is 1. The summed E-state index contributed by atoms with van der Waals surface area (Å²) < 4.78 is 10.6. The Bertz CT molecular complexity index is 299. The van der Waals surface area contributed by atoms with E-state index in [-0.39, 0.29) is 5.97 Å². The van der Waals surface area contributed by atoms with E-state index in [2.05, 4.69) is 10.2 Å². The number of nitrogens with one attached hydrogen (secondary N) is 1. The summed E-state index contributed by atoms with van der Waals surface area (Å²) >= 11 is 0. The minimum absolute atomic E-state index is 0.141. The Labute approximate surface area is 123 Å². The van der Waals surface area contributed by atoms with Crippen molar-refractivity contribution in [2.45, 2.75) is 51.7 Å². The van der Waals surface area contributed by atoms with Crippen molar-refractivity contribution >= 4 is 5.97 Å². The summed E-state index contributed by atoms with van der Waals surface area (Å²) in [5.41, 5.74) is -0.564. The van der Waals surface area contributed by atoms with Gasteiger partial charge in [0.1, 0.15) is 5.54 Å². The van der Waals surface area contributed by atoms with Gasteiger partial charge >= 0.3 is 5.97 Å². The number of carbonyl (C=O) groups excluding carboxylic acids is 1. The van der Waals surface area contributed by atoms with Gasteiger partial charge in [-0.1, -0.05) is 6.92 Å². The third-order valence-corrected chi connectivity index (χ3v) is 4.01. The van der Waals surface area contributed by atoms with Crippen molar-refractivity contribution < 1.29 is 14.3 Å². The third kappa shape index (κ3) is 5.04. The van der Waals surface area contributed by atoms with Crippen LogP contribution >= 0.6 is 0 Å². The van der Waals surface area contributed by atoms with E-state index in [0.29, 0.717) is 12.7 Å². The molecular weight excluding hydrogens is 256 g/mol. The number of esters is 1. The molecule has 1 heterocycles. The maximum Gasteiger partial charge on any atom is 0.326 e. The number of likely N-dealkylation sites (N-methyl/N-ethyl adjacent to an activating group) is 1. The normalized spacial score (nSPS) is 22.7. The van der Waals surface area contributed by atoms with Crippen LogP contribution in [-0.4, -0.2) is 62.4 Å². The van der Waals surface area contributed by atoms with Gasteiger partial charge in [-0.15, -0.1) is 0 Å². The van der Waals surface area contributed by atoms with Gasteiger partial charge in [0.15, 0.2) is 0 Å². The molecule has 1 rings (SSSR count). The van der Waals surface area contributed by atoms with E-state index in [1.807, 2.05) is 20.8 Å². The standard InChI is InChI=1S/C15H30N2O3/c1-5-16-15(3,14(18)20-6-2)9-7-10-17-11-8-13(12-17)19-4/h13,16H,5-12H2,1-4H3. The van der Waals surface area contributed by atoms with E-state index in [1.54, 1.807) is 7.11 Å². The molecule has 0 aromatic carbocycles. The highest BCUT2D eigenvalue weighted by Crippen LogP contribution is 2.17. The van der Waals surface area contributed by atoms with Gasteiger partial charge in [0.2, 0.25) is 0 Å². The summed E-state index contributed by atoms with van der Waals surface area (Å²) in [5, 5.41) is 3.27. The number of rotatable bonds is 9. The molecule has 0 saturated carbocycles. The van der Waals surface area contributed by atoms with Gasteiger partial charge in [0.05, 0.1) is 12.7 Å². The van der Waals surface area contributed by atoms with Crippen molar-refractivity contribution in [3.63, 3.8) is 0 Å². The highest BCUT2D eigenvalue weighted by atomic mass is 16.5. The number of hydrogen-bond acceptors (Lipinski definition) is 5. The molecule has 1 aliphatic rings. The average molecular weight is 286 g/mol. The molecule has 0 bridgehead atoms. The second-order valence-corrected chi connectivity index (χ2v) is 5.63. The molecule has 118 valence electrons. The van der Waals surface area contributed by atoms with Crippen LogP contribution in [0, 0.1) is 0 Å². The van der Waals surface area contributed by atoms with Crippen LogP contribution in [0.3, 0.4) is 0 Å². The zero-order valence-corrected chi connectivity index (χ0v) is 13.4. The number of likely N-dealkylation sites (tertiary alicyclic amines) is 1. The molecular formula is C15H30N2O3. The Morgan fingerprint density at radius 3 is 2.75 bits per heavy atom. The van der Waals surface area contributed by atoms with Gasteiger partial charge in [-0.3, -0.25) is 4.79 Å². The van der Waals surface area contributed by atoms with Crippen molar-refractivity contribution in [2.24, 2.45) is 0 Å². The minimum atomic E-state index is -0.564. The first-order chi connectivity index (χ1) is 9.55. The maximum absolute atomic E-state index is 12.1. The van der Waals surface area contributed by atoms with Crippen LogP contribution in [0.4, 0.5) is 0 Å². The van der Waals surface area contributed by atoms with Crippen LogP contribution in [0.2, 0.25) is 0 Å². The summed E-state index contributed by atoms with van der Waals surface area (Å²) in [6, 6.07) is 0. The van der Waals surface area contributed by atoms with E-state index in [4.69, 9.17) is 9.47 Å². The molecule has 2 atom stereocenters. The van der Waals surface area contributed by atoms with Crippen LogP contribution in [0.5, 0.6) is 0 Å². The Morgan fingerprint density at radius 2 is 2.20 bits per heavy atom. The van der Waals surface area contributed by atoms with E-state index in [0.717, 1.165) is 45.4 Å². The predicted octanol–water partition coefficient (Wildman–Crippen LogP) is 1.42. The lowest BCUT2D eigenvalue weighted by molar-refractivity contribution is -0.150. The van der Waals surface area contributed by atoms with E-state index >= 15 is 0 Å². The lowest BCUT2D eigenvalue weighted by Crippen LogP contribution is -2.50. The zero-order chi connectivity index (χ0) is 15.0. The summed E-state index contributed by atoms with van der Waals surface area (Å²) in [6.07, 6.45) is 3.27. The van der Waals surface area contributed by atoms with Gasteiger partial charge in [0, 0.05) is 20.2 Å². The molecule has 0 spiro atoms. The lowest BCUT2D eigenvalue weighted by atomic mass is 9.95. The van der Waals surface area contributed by atoms with Crippen molar-refractivity contribution in [3.8, 4) is 0 Å². The average Bonchev–Trinajstić information content (AvgIpc) is 2.87. The molecule has 20 heavy (non-hydrogen) atoms. The van der Waals surface area contributed by atoms with Gasteiger partial charge in [-0.05, 0) is 46.2 Å². The lowest BCUT2D eigenvalue weighted by Gasteiger charge is -2.29. The number of ether oxygens (including phenoxy) is 2. The number of hydrogen-bond donors (Lipinski definition) is 1. The molecule has 0 aromatic rings. The topological polar surface area (TPSA) is 50.8 Å². The maximum atomic E-state index is 12.1.